The van der Waals surface area contributed by atoms with Crippen molar-refractivity contribution in [1.82, 2.24) is 24.7 Å². The largest absolute Gasteiger partial charge is 0.356 e. The zero-order valence-electron chi connectivity index (χ0n) is 18.0. The molecule has 0 atom stereocenters. The van der Waals surface area contributed by atoms with Gasteiger partial charge >= 0.3 is 0 Å². The molecule has 4 aromatic rings. The normalized spacial score (nSPS) is 14.8. The highest BCUT2D eigenvalue weighted by Crippen LogP contribution is 2.23. The number of nitrogens with zero attached hydrogens (tertiary/aromatic N) is 6. The van der Waals surface area contributed by atoms with Crippen molar-refractivity contribution in [2.45, 2.75) is 25.3 Å². The number of hydrogen-bond acceptors (Lipinski definition) is 7. The summed E-state index contributed by atoms with van der Waals surface area (Å²) in [6.45, 7) is 1.73. The van der Waals surface area contributed by atoms with Gasteiger partial charge in [-0.05, 0) is 37.1 Å². The summed E-state index contributed by atoms with van der Waals surface area (Å²) in [6, 6.07) is 7.89. The van der Waals surface area contributed by atoms with Crippen molar-refractivity contribution in [3.05, 3.63) is 66.5 Å². The third-order valence-corrected chi connectivity index (χ3v) is 5.94. The van der Waals surface area contributed by atoms with E-state index < -0.39 is 0 Å². The van der Waals surface area contributed by atoms with Crippen LogP contribution in [0.4, 0.5) is 5.82 Å². The molecular formula is C24H25N7O. The summed E-state index contributed by atoms with van der Waals surface area (Å²) in [6.07, 6.45) is 11.1. The minimum atomic E-state index is 0.0191. The molecule has 2 N–H and O–H groups in total. The van der Waals surface area contributed by atoms with E-state index in [1.165, 1.54) is 0 Å². The van der Waals surface area contributed by atoms with Crippen LogP contribution in [0.2, 0.25) is 0 Å². The van der Waals surface area contributed by atoms with Crippen LogP contribution in [0.3, 0.4) is 0 Å². The lowest BCUT2D eigenvalue weighted by Gasteiger charge is -2.31. The topological polar surface area (TPSA) is 103 Å². The second-order valence-electron chi connectivity index (χ2n) is 8.32. The minimum absolute atomic E-state index is 0.0191. The lowest BCUT2D eigenvalue weighted by atomic mass is 10.0. The number of fused-ring (bicyclic) bond motifs is 1. The van der Waals surface area contributed by atoms with Crippen molar-refractivity contribution in [1.29, 1.82) is 0 Å². The van der Waals surface area contributed by atoms with Gasteiger partial charge in [-0.25, -0.2) is 4.98 Å². The molecule has 4 aromatic heterocycles. The zero-order chi connectivity index (χ0) is 22.1. The van der Waals surface area contributed by atoms with Crippen molar-refractivity contribution in [2.24, 2.45) is 12.8 Å². The zero-order valence-corrected chi connectivity index (χ0v) is 18.0. The lowest BCUT2D eigenvalue weighted by molar-refractivity contribution is 0.0992. The fourth-order valence-electron chi connectivity index (χ4n) is 4.06. The number of pyridine rings is 3. The van der Waals surface area contributed by atoms with E-state index in [1.807, 2.05) is 37.8 Å². The van der Waals surface area contributed by atoms with E-state index in [0.29, 0.717) is 5.56 Å². The Kier molecular flexibility index (Phi) is 5.36. The van der Waals surface area contributed by atoms with Gasteiger partial charge in [0.25, 0.3) is 0 Å². The number of aryl methyl sites for hydroxylation is 1. The highest BCUT2D eigenvalue weighted by molar-refractivity contribution is 5.98. The monoisotopic (exact) mass is 427 g/mol. The molecule has 5 heterocycles. The van der Waals surface area contributed by atoms with Gasteiger partial charge in [-0.3, -0.25) is 19.4 Å². The second-order valence-corrected chi connectivity index (χ2v) is 8.32. The summed E-state index contributed by atoms with van der Waals surface area (Å²) in [4.78, 5) is 28.6. The fraction of sp³-hybridized carbons (Fsp3) is 0.292. The van der Waals surface area contributed by atoms with Gasteiger partial charge in [-0.15, -0.1) is 0 Å². The molecule has 0 saturated carbocycles. The Labute approximate surface area is 186 Å². The van der Waals surface area contributed by atoms with Crippen LogP contribution in [-0.2, 0) is 13.5 Å². The summed E-state index contributed by atoms with van der Waals surface area (Å²) in [7, 11) is 1.89. The highest BCUT2D eigenvalue weighted by Gasteiger charge is 2.18. The number of anilines is 1. The summed E-state index contributed by atoms with van der Waals surface area (Å²) >= 11 is 0. The molecule has 162 valence electrons. The van der Waals surface area contributed by atoms with Gasteiger partial charge in [0.05, 0.1) is 24.3 Å². The molecule has 1 fully saturated rings. The average Bonchev–Trinajstić information content (AvgIpc) is 3.25. The average molecular weight is 428 g/mol. The van der Waals surface area contributed by atoms with E-state index in [-0.39, 0.29) is 18.2 Å². The van der Waals surface area contributed by atoms with Gasteiger partial charge in [0.2, 0.25) is 0 Å². The van der Waals surface area contributed by atoms with Crippen molar-refractivity contribution < 1.29 is 4.79 Å². The Morgan fingerprint density at radius 2 is 1.91 bits per heavy atom. The molecule has 0 radical (unpaired) electrons. The van der Waals surface area contributed by atoms with Gasteiger partial charge < -0.3 is 10.6 Å². The van der Waals surface area contributed by atoms with Crippen molar-refractivity contribution >= 4 is 22.5 Å². The third-order valence-electron chi connectivity index (χ3n) is 5.94. The maximum atomic E-state index is 13.0. The summed E-state index contributed by atoms with van der Waals surface area (Å²) in [5.41, 5.74) is 10.1. The number of piperidine rings is 1. The Bertz CT molecular complexity index is 1270. The molecule has 1 saturated heterocycles. The predicted octanol–water partition coefficient (Wildman–Crippen LogP) is 2.78. The fourth-order valence-corrected chi connectivity index (χ4v) is 4.06. The lowest BCUT2D eigenvalue weighted by Crippen LogP contribution is -2.40. The van der Waals surface area contributed by atoms with Crippen molar-refractivity contribution in [3.8, 4) is 11.1 Å². The van der Waals surface area contributed by atoms with Crippen LogP contribution >= 0.6 is 0 Å². The quantitative estimate of drug-likeness (QED) is 0.489. The molecule has 8 nitrogen and oxygen atoms in total. The third kappa shape index (κ3) is 4.22. The van der Waals surface area contributed by atoms with Crippen LogP contribution in [0.15, 0.2) is 55.2 Å². The Morgan fingerprint density at radius 1 is 1.06 bits per heavy atom. The van der Waals surface area contributed by atoms with Gasteiger partial charge in [-0.1, -0.05) is 0 Å². The molecule has 0 aliphatic carbocycles. The maximum absolute atomic E-state index is 13.0. The maximum Gasteiger partial charge on any atom is 0.169 e. The molecule has 0 spiro atoms. The molecule has 0 unspecified atom stereocenters. The first kappa shape index (κ1) is 20.3. The molecule has 8 heteroatoms. The molecule has 1 aliphatic heterocycles. The molecular weight excluding hydrogens is 402 g/mol. The van der Waals surface area contributed by atoms with E-state index in [2.05, 4.69) is 31.0 Å². The van der Waals surface area contributed by atoms with E-state index >= 15 is 0 Å². The Morgan fingerprint density at radius 3 is 2.69 bits per heavy atom. The molecule has 1 aliphatic rings. The van der Waals surface area contributed by atoms with Gasteiger partial charge in [0, 0.05) is 72.5 Å². The molecule has 5 rings (SSSR count). The number of aromatic nitrogens is 5. The standard InChI is InChI=1S/C24H25N7O/c1-30-15-19(13-29-30)18-8-17-9-21(27-14-22(17)28-12-18)11-23(32)16-2-5-26-24(10-16)31-6-3-20(25)4-7-31/h2,5,8-10,12-15,20H,3-4,6-7,11,25H2,1H3. The van der Waals surface area contributed by atoms with Crippen molar-refractivity contribution in [3.63, 3.8) is 0 Å². The minimum Gasteiger partial charge on any atom is -0.356 e. The van der Waals surface area contributed by atoms with E-state index in [1.54, 1.807) is 23.1 Å². The Balaban J connectivity index is 1.36. The first-order chi connectivity index (χ1) is 15.5. The molecule has 32 heavy (non-hydrogen) atoms. The molecule has 0 amide bonds. The summed E-state index contributed by atoms with van der Waals surface area (Å²) < 4.78 is 1.76. The SMILES string of the molecule is Cn1cc(-c2cnc3cnc(CC(=O)c4ccnc(N5CCC(N)CC5)c4)cc3c2)cn1. The van der Waals surface area contributed by atoms with Crippen LogP contribution in [0.5, 0.6) is 0 Å². The first-order valence-electron chi connectivity index (χ1n) is 10.8. The van der Waals surface area contributed by atoms with Gasteiger partial charge in [-0.2, -0.15) is 5.10 Å². The van der Waals surface area contributed by atoms with Crippen LogP contribution in [0, 0.1) is 0 Å². The first-order valence-corrected chi connectivity index (χ1v) is 10.8. The smallest absolute Gasteiger partial charge is 0.169 e. The number of Topliss-reactive ketones (excluding diaryl/α,β-unsaturated/α-hetero) is 1. The van der Waals surface area contributed by atoms with Crippen LogP contribution < -0.4 is 10.6 Å². The molecule has 0 aromatic carbocycles. The number of rotatable bonds is 5. The van der Waals surface area contributed by atoms with E-state index in [0.717, 1.165) is 59.5 Å². The number of carbonyl (C=O) groups is 1. The summed E-state index contributed by atoms with van der Waals surface area (Å²) in [5, 5.41) is 5.17. The number of nitrogens with two attached hydrogens (primary N) is 1. The van der Waals surface area contributed by atoms with Crippen LogP contribution in [0.1, 0.15) is 28.9 Å². The second kappa shape index (κ2) is 8.47. The number of ketones is 1. The highest BCUT2D eigenvalue weighted by atomic mass is 16.1. The van der Waals surface area contributed by atoms with E-state index in [4.69, 9.17) is 5.73 Å². The van der Waals surface area contributed by atoms with E-state index in [9.17, 15) is 4.79 Å². The number of hydrogen-bond donors (Lipinski definition) is 1. The predicted molar refractivity (Wildman–Crippen MR) is 123 cm³/mol. The Hall–Kier alpha value is -3.65. The number of carbonyl (C=O) groups excluding carboxylic acids is 1. The summed E-state index contributed by atoms with van der Waals surface area (Å²) in [5.74, 6) is 0.852. The van der Waals surface area contributed by atoms with Crippen molar-refractivity contribution in [2.75, 3.05) is 18.0 Å². The van der Waals surface area contributed by atoms with Crippen LogP contribution in [-0.4, -0.2) is 49.6 Å². The van der Waals surface area contributed by atoms with Gasteiger partial charge in [0.1, 0.15) is 5.82 Å². The van der Waals surface area contributed by atoms with Gasteiger partial charge in [0.15, 0.2) is 5.78 Å². The van der Waals surface area contributed by atoms with Crippen LogP contribution in [0.25, 0.3) is 22.0 Å². The molecule has 0 bridgehead atoms.